The molecule has 0 bridgehead atoms. The van der Waals surface area contributed by atoms with Crippen LogP contribution in [0.3, 0.4) is 0 Å². The largest absolute Gasteiger partial charge is 0.379 e. The molecule has 0 spiro atoms. The van der Waals surface area contributed by atoms with Crippen molar-refractivity contribution in [3.05, 3.63) is 70.8 Å². The van der Waals surface area contributed by atoms with Gasteiger partial charge in [0.2, 0.25) is 0 Å². The topological polar surface area (TPSA) is 53.6 Å². The third-order valence-corrected chi connectivity index (χ3v) is 5.06. The third kappa shape index (κ3) is 5.55. The van der Waals surface area contributed by atoms with Crippen LogP contribution in [-0.2, 0) is 17.8 Å². The summed E-state index contributed by atoms with van der Waals surface area (Å²) in [6.45, 7) is 8.97. The highest BCUT2D eigenvalue weighted by atomic mass is 16.5. The Morgan fingerprint density at radius 1 is 1.07 bits per heavy atom. The molecule has 0 radical (unpaired) electrons. The second-order valence-corrected chi connectivity index (χ2v) is 7.06. The average Bonchev–Trinajstić information content (AvgIpc) is 2.68. The molecule has 2 amide bonds. The molecule has 0 aliphatic carbocycles. The lowest BCUT2D eigenvalue weighted by Gasteiger charge is -2.27. The first kappa shape index (κ1) is 19.4. The predicted octanol–water partition coefficient (Wildman–Crippen LogP) is 3.39. The minimum absolute atomic E-state index is 0.0326. The average molecular weight is 367 g/mol. The fourth-order valence-electron chi connectivity index (χ4n) is 3.46. The van der Waals surface area contributed by atoms with Gasteiger partial charge in [0.15, 0.2) is 0 Å². The molecule has 1 atom stereocenters. The molecule has 1 aliphatic heterocycles. The number of carbonyl (C=O) groups is 1. The van der Waals surface area contributed by atoms with Gasteiger partial charge >= 0.3 is 6.03 Å². The number of hydrogen-bond donors (Lipinski definition) is 2. The van der Waals surface area contributed by atoms with Crippen LogP contribution in [-0.4, -0.2) is 37.2 Å². The minimum Gasteiger partial charge on any atom is -0.379 e. The highest BCUT2D eigenvalue weighted by molar-refractivity contribution is 5.74. The minimum atomic E-state index is -0.146. The molecule has 0 aromatic heterocycles. The SMILES string of the molecule is Cc1ccccc1[C@H](C)NC(=O)NCc1ccccc1CN1CCOCC1. The number of aryl methyl sites for hydroxylation is 1. The Hall–Kier alpha value is -2.37. The van der Waals surface area contributed by atoms with E-state index in [2.05, 4.69) is 52.8 Å². The van der Waals surface area contributed by atoms with E-state index in [0.717, 1.165) is 44.0 Å². The van der Waals surface area contributed by atoms with Crippen molar-refractivity contribution in [1.82, 2.24) is 15.5 Å². The van der Waals surface area contributed by atoms with Crippen LogP contribution < -0.4 is 10.6 Å². The van der Waals surface area contributed by atoms with Gasteiger partial charge in [-0.25, -0.2) is 4.79 Å². The van der Waals surface area contributed by atoms with Crippen LogP contribution in [0.5, 0.6) is 0 Å². The number of carbonyl (C=O) groups excluding carboxylic acids is 1. The van der Waals surface area contributed by atoms with Gasteiger partial charge in [-0.1, -0.05) is 48.5 Å². The van der Waals surface area contributed by atoms with Crippen LogP contribution in [0.2, 0.25) is 0 Å². The van der Waals surface area contributed by atoms with Gasteiger partial charge in [-0.3, -0.25) is 4.90 Å². The lowest BCUT2D eigenvalue weighted by Crippen LogP contribution is -2.38. The van der Waals surface area contributed by atoms with Crippen molar-refractivity contribution < 1.29 is 9.53 Å². The summed E-state index contributed by atoms with van der Waals surface area (Å²) >= 11 is 0. The summed E-state index contributed by atoms with van der Waals surface area (Å²) in [7, 11) is 0. The lowest BCUT2D eigenvalue weighted by atomic mass is 10.0. The number of benzene rings is 2. The number of amides is 2. The Morgan fingerprint density at radius 2 is 1.74 bits per heavy atom. The number of urea groups is 1. The summed E-state index contributed by atoms with van der Waals surface area (Å²) in [5, 5.41) is 6.03. The summed E-state index contributed by atoms with van der Waals surface area (Å²) in [6, 6.07) is 16.2. The van der Waals surface area contributed by atoms with Crippen molar-refractivity contribution >= 4 is 6.03 Å². The summed E-state index contributed by atoms with van der Waals surface area (Å²) in [4.78, 5) is 14.8. The van der Waals surface area contributed by atoms with Crippen LogP contribution in [0.15, 0.2) is 48.5 Å². The summed E-state index contributed by atoms with van der Waals surface area (Å²) in [5.41, 5.74) is 4.73. The summed E-state index contributed by atoms with van der Waals surface area (Å²) in [6.07, 6.45) is 0. The van der Waals surface area contributed by atoms with E-state index in [1.807, 2.05) is 25.1 Å². The fourth-order valence-corrected chi connectivity index (χ4v) is 3.46. The monoisotopic (exact) mass is 367 g/mol. The predicted molar refractivity (Wildman–Crippen MR) is 108 cm³/mol. The van der Waals surface area contributed by atoms with Crippen LogP contribution in [0, 0.1) is 6.92 Å². The molecule has 5 nitrogen and oxygen atoms in total. The number of rotatable bonds is 6. The Kier molecular flexibility index (Phi) is 6.85. The molecule has 3 rings (SSSR count). The Labute approximate surface area is 161 Å². The van der Waals surface area contributed by atoms with E-state index in [1.54, 1.807) is 0 Å². The van der Waals surface area contributed by atoms with Crippen LogP contribution in [0.25, 0.3) is 0 Å². The van der Waals surface area contributed by atoms with Gasteiger partial charge in [-0.15, -0.1) is 0 Å². The first-order valence-corrected chi connectivity index (χ1v) is 9.60. The molecule has 1 fully saturated rings. The van der Waals surface area contributed by atoms with E-state index in [-0.39, 0.29) is 12.1 Å². The number of ether oxygens (including phenoxy) is 1. The summed E-state index contributed by atoms with van der Waals surface area (Å²) in [5.74, 6) is 0. The van der Waals surface area contributed by atoms with E-state index >= 15 is 0 Å². The van der Waals surface area contributed by atoms with E-state index in [0.29, 0.717) is 6.54 Å². The molecule has 0 saturated carbocycles. The molecule has 1 aliphatic rings. The highest BCUT2D eigenvalue weighted by Gasteiger charge is 2.14. The van der Waals surface area contributed by atoms with Crippen LogP contribution in [0.4, 0.5) is 4.79 Å². The molecule has 2 aromatic carbocycles. The molecule has 5 heteroatoms. The number of nitrogens with one attached hydrogen (secondary N) is 2. The maximum absolute atomic E-state index is 12.4. The van der Waals surface area contributed by atoms with E-state index in [4.69, 9.17) is 4.74 Å². The zero-order valence-corrected chi connectivity index (χ0v) is 16.2. The Morgan fingerprint density at radius 3 is 2.48 bits per heavy atom. The number of nitrogens with zero attached hydrogens (tertiary/aromatic N) is 1. The zero-order chi connectivity index (χ0) is 19.1. The van der Waals surface area contributed by atoms with Crippen LogP contribution in [0.1, 0.15) is 35.2 Å². The van der Waals surface area contributed by atoms with Crippen LogP contribution >= 0.6 is 0 Å². The first-order valence-electron chi connectivity index (χ1n) is 9.60. The van der Waals surface area contributed by atoms with Gasteiger partial charge in [0.05, 0.1) is 19.3 Å². The van der Waals surface area contributed by atoms with E-state index in [1.165, 1.54) is 11.1 Å². The normalized spacial score (nSPS) is 15.9. The molecule has 27 heavy (non-hydrogen) atoms. The second-order valence-electron chi connectivity index (χ2n) is 7.06. The molecule has 1 heterocycles. The smallest absolute Gasteiger partial charge is 0.315 e. The maximum atomic E-state index is 12.4. The standard InChI is InChI=1S/C22H29N3O2/c1-17-7-3-6-10-21(17)18(2)24-22(26)23-15-19-8-4-5-9-20(19)16-25-11-13-27-14-12-25/h3-10,18H,11-16H2,1-2H3,(H2,23,24,26)/t18-/m0/s1. The molecule has 1 saturated heterocycles. The van der Waals surface area contributed by atoms with E-state index in [9.17, 15) is 4.79 Å². The van der Waals surface area contributed by atoms with E-state index < -0.39 is 0 Å². The maximum Gasteiger partial charge on any atom is 0.315 e. The fraction of sp³-hybridized carbons (Fsp3) is 0.409. The summed E-state index contributed by atoms with van der Waals surface area (Å²) < 4.78 is 5.42. The number of morpholine rings is 1. The van der Waals surface area contributed by atoms with Crippen molar-refractivity contribution in [3.63, 3.8) is 0 Å². The van der Waals surface area contributed by atoms with Crippen molar-refractivity contribution in [2.24, 2.45) is 0 Å². The molecular formula is C22H29N3O2. The highest BCUT2D eigenvalue weighted by Crippen LogP contribution is 2.17. The number of hydrogen-bond acceptors (Lipinski definition) is 3. The molecule has 2 aromatic rings. The zero-order valence-electron chi connectivity index (χ0n) is 16.2. The first-order chi connectivity index (χ1) is 13.1. The Bertz CT molecular complexity index is 757. The van der Waals surface area contributed by atoms with Gasteiger partial charge in [-0.05, 0) is 36.1 Å². The van der Waals surface area contributed by atoms with Crippen molar-refractivity contribution in [1.29, 1.82) is 0 Å². The third-order valence-electron chi connectivity index (χ3n) is 5.06. The van der Waals surface area contributed by atoms with Gasteiger partial charge in [0, 0.05) is 26.2 Å². The molecule has 0 unspecified atom stereocenters. The van der Waals surface area contributed by atoms with Crippen molar-refractivity contribution in [2.75, 3.05) is 26.3 Å². The van der Waals surface area contributed by atoms with Gasteiger partial charge in [0.1, 0.15) is 0 Å². The van der Waals surface area contributed by atoms with Crippen molar-refractivity contribution in [3.8, 4) is 0 Å². The Balaban J connectivity index is 1.55. The molecular weight excluding hydrogens is 338 g/mol. The quantitative estimate of drug-likeness (QED) is 0.823. The molecule has 144 valence electrons. The van der Waals surface area contributed by atoms with Gasteiger partial charge in [-0.2, -0.15) is 0 Å². The lowest BCUT2D eigenvalue weighted by molar-refractivity contribution is 0.0341. The van der Waals surface area contributed by atoms with Gasteiger partial charge < -0.3 is 15.4 Å². The molecule has 2 N–H and O–H groups in total. The second kappa shape index (κ2) is 9.53. The van der Waals surface area contributed by atoms with Gasteiger partial charge in [0.25, 0.3) is 0 Å². The van der Waals surface area contributed by atoms with Crippen molar-refractivity contribution in [2.45, 2.75) is 33.0 Å².